The van der Waals surface area contributed by atoms with E-state index in [0.717, 1.165) is 16.8 Å². The summed E-state index contributed by atoms with van der Waals surface area (Å²) in [7, 11) is 0. The fourth-order valence-electron chi connectivity index (χ4n) is 2.50. The summed E-state index contributed by atoms with van der Waals surface area (Å²) in [5, 5.41) is 2.84. The third-order valence-electron chi connectivity index (χ3n) is 3.67. The van der Waals surface area contributed by atoms with Gasteiger partial charge in [-0.05, 0) is 53.5 Å². The quantitative estimate of drug-likeness (QED) is 0.819. The molecule has 0 bridgehead atoms. The molecule has 2 amide bonds. The highest BCUT2D eigenvalue weighted by Gasteiger charge is 2.29. The molecule has 0 atom stereocenters. The van der Waals surface area contributed by atoms with Gasteiger partial charge in [0.05, 0.1) is 0 Å². The van der Waals surface area contributed by atoms with Crippen LogP contribution in [0.1, 0.15) is 11.1 Å². The number of fused-ring (bicyclic) bond motifs is 1. The molecule has 2 aromatic rings. The molecule has 0 spiro atoms. The minimum atomic E-state index is -0.302. The topological polar surface area (TPSA) is 71.5 Å². The Balaban J connectivity index is 1.79. The van der Waals surface area contributed by atoms with E-state index in [0.29, 0.717) is 16.2 Å². The number of ether oxygens (including phenoxy) is 1. The van der Waals surface area contributed by atoms with E-state index in [-0.39, 0.29) is 25.0 Å². The third kappa shape index (κ3) is 3.41. The van der Waals surface area contributed by atoms with Gasteiger partial charge in [-0.2, -0.15) is 0 Å². The van der Waals surface area contributed by atoms with Crippen LogP contribution in [0.5, 0.6) is 5.75 Å². The summed E-state index contributed by atoms with van der Waals surface area (Å²) in [6.07, 6.45) is 0. The van der Waals surface area contributed by atoms with Crippen molar-refractivity contribution in [1.29, 1.82) is 0 Å². The van der Waals surface area contributed by atoms with Crippen LogP contribution in [0, 0.1) is 13.8 Å². The summed E-state index contributed by atoms with van der Waals surface area (Å²) in [4.78, 5) is 30.1. The van der Waals surface area contributed by atoms with Gasteiger partial charge >= 0.3 is 0 Å². The second-order valence-electron chi connectivity index (χ2n) is 5.59. The van der Waals surface area contributed by atoms with E-state index in [4.69, 9.17) is 4.74 Å². The number of nitrogens with zero attached hydrogens (tertiary/aromatic N) is 2. The highest BCUT2D eigenvalue weighted by Crippen LogP contribution is 2.31. The summed E-state index contributed by atoms with van der Waals surface area (Å²) in [5.74, 6) is 0.238. The predicted octanol–water partition coefficient (Wildman–Crippen LogP) is 2.83. The fraction of sp³-hybridized carbons (Fsp3) is 0.235. The van der Waals surface area contributed by atoms with Crippen molar-refractivity contribution in [2.75, 3.05) is 23.4 Å². The molecule has 0 saturated heterocycles. The second-order valence-corrected chi connectivity index (χ2v) is 6.40. The van der Waals surface area contributed by atoms with E-state index in [1.807, 2.05) is 32.0 Å². The van der Waals surface area contributed by atoms with E-state index in [9.17, 15) is 9.59 Å². The second kappa shape index (κ2) is 6.60. The minimum absolute atomic E-state index is 0.104. The van der Waals surface area contributed by atoms with Gasteiger partial charge < -0.3 is 10.1 Å². The number of anilines is 2. The maximum atomic E-state index is 12.4. The van der Waals surface area contributed by atoms with Crippen molar-refractivity contribution in [3.05, 3.63) is 46.1 Å². The Morgan fingerprint density at radius 3 is 2.88 bits per heavy atom. The molecule has 3 rings (SSSR count). The third-order valence-corrected chi connectivity index (χ3v) is 4.11. The number of pyridine rings is 1. The van der Waals surface area contributed by atoms with Crippen LogP contribution >= 0.6 is 15.9 Å². The lowest BCUT2D eigenvalue weighted by Gasteiger charge is -2.27. The van der Waals surface area contributed by atoms with Crippen molar-refractivity contribution in [1.82, 2.24) is 4.98 Å². The Labute approximate surface area is 148 Å². The Morgan fingerprint density at radius 2 is 2.12 bits per heavy atom. The molecule has 2 heterocycles. The van der Waals surface area contributed by atoms with Gasteiger partial charge in [-0.3, -0.25) is 14.5 Å². The fourth-order valence-corrected chi connectivity index (χ4v) is 2.80. The molecule has 7 heteroatoms. The van der Waals surface area contributed by atoms with E-state index in [1.165, 1.54) is 4.90 Å². The lowest BCUT2D eigenvalue weighted by atomic mass is 10.1. The number of aromatic nitrogens is 1. The number of carbonyl (C=O) groups is 2. The Hall–Kier alpha value is -2.41. The summed E-state index contributed by atoms with van der Waals surface area (Å²) in [6.45, 7) is 3.70. The van der Waals surface area contributed by atoms with Crippen molar-refractivity contribution in [3.63, 3.8) is 0 Å². The first-order valence-electron chi connectivity index (χ1n) is 7.41. The van der Waals surface area contributed by atoms with Gasteiger partial charge in [-0.15, -0.1) is 0 Å². The molecule has 124 valence electrons. The van der Waals surface area contributed by atoms with Crippen LogP contribution < -0.4 is 15.0 Å². The molecule has 0 fully saturated rings. The minimum Gasteiger partial charge on any atom is -0.480 e. The van der Waals surface area contributed by atoms with Gasteiger partial charge in [0.2, 0.25) is 5.91 Å². The Morgan fingerprint density at radius 1 is 1.33 bits per heavy atom. The average molecular weight is 390 g/mol. The Kier molecular flexibility index (Phi) is 4.53. The molecular weight excluding hydrogens is 374 g/mol. The molecule has 0 unspecified atom stereocenters. The summed E-state index contributed by atoms with van der Waals surface area (Å²) in [5.41, 5.74) is 2.82. The number of aryl methyl sites for hydroxylation is 2. The number of benzene rings is 1. The van der Waals surface area contributed by atoms with E-state index in [1.54, 1.807) is 12.1 Å². The molecule has 0 radical (unpaired) electrons. The molecule has 0 saturated carbocycles. The average Bonchev–Trinajstić information content (AvgIpc) is 2.53. The number of carbonyl (C=O) groups excluding carboxylic acids is 2. The van der Waals surface area contributed by atoms with E-state index < -0.39 is 0 Å². The van der Waals surface area contributed by atoms with Gasteiger partial charge in [0, 0.05) is 5.69 Å². The molecule has 1 aliphatic rings. The van der Waals surface area contributed by atoms with Gasteiger partial charge in [-0.1, -0.05) is 17.7 Å². The van der Waals surface area contributed by atoms with Gasteiger partial charge in [0.25, 0.3) is 5.91 Å². The SMILES string of the molecule is Cc1ccc(NC(=O)CN2C(=O)COc3ccc(Br)nc32)c(C)c1. The van der Waals surface area contributed by atoms with Crippen LogP contribution in [0.2, 0.25) is 0 Å². The standard InChI is InChI=1S/C17H16BrN3O3/c1-10-3-4-12(11(2)7-10)19-15(22)8-21-16(23)9-24-13-5-6-14(18)20-17(13)21/h3-7H,8-9H2,1-2H3,(H,19,22). The molecule has 24 heavy (non-hydrogen) atoms. The highest BCUT2D eigenvalue weighted by atomic mass is 79.9. The van der Waals surface area contributed by atoms with Crippen molar-refractivity contribution < 1.29 is 14.3 Å². The molecular formula is C17H16BrN3O3. The number of rotatable bonds is 3. The number of nitrogens with one attached hydrogen (secondary N) is 1. The van der Waals surface area contributed by atoms with E-state index in [2.05, 4.69) is 26.2 Å². The first kappa shape index (κ1) is 16.4. The van der Waals surface area contributed by atoms with Crippen molar-refractivity contribution in [3.8, 4) is 5.75 Å². The first-order chi connectivity index (χ1) is 11.4. The van der Waals surface area contributed by atoms with Crippen LogP contribution in [-0.2, 0) is 9.59 Å². The van der Waals surface area contributed by atoms with Crippen LogP contribution in [0.15, 0.2) is 34.9 Å². The van der Waals surface area contributed by atoms with Gasteiger partial charge in [-0.25, -0.2) is 4.98 Å². The maximum Gasteiger partial charge on any atom is 0.266 e. The van der Waals surface area contributed by atoms with E-state index >= 15 is 0 Å². The first-order valence-corrected chi connectivity index (χ1v) is 8.20. The smallest absolute Gasteiger partial charge is 0.266 e. The summed E-state index contributed by atoms with van der Waals surface area (Å²) >= 11 is 3.27. The van der Waals surface area contributed by atoms with Crippen molar-refractivity contribution in [2.45, 2.75) is 13.8 Å². The lowest BCUT2D eigenvalue weighted by Crippen LogP contribution is -2.44. The number of hydrogen-bond donors (Lipinski definition) is 1. The number of amides is 2. The zero-order chi connectivity index (χ0) is 17.3. The molecule has 0 aliphatic carbocycles. The number of hydrogen-bond acceptors (Lipinski definition) is 4. The van der Waals surface area contributed by atoms with Gasteiger partial charge in [0.1, 0.15) is 11.1 Å². The molecule has 6 nitrogen and oxygen atoms in total. The number of halogens is 1. The van der Waals surface area contributed by atoms with Crippen molar-refractivity contribution >= 4 is 39.2 Å². The summed E-state index contributed by atoms with van der Waals surface area (Å²) < 4.78 is 5.92. The molecule has 1 aliphatic heterocycles. The molecule has 1 aromatic carbocycles. The zero-order valence-electron chi connectivity index (χ0n) is 13.3. The normalized spacial score (nSPS) is 13.3. The van der Waals surface area contributed by atoms with Crippen LogP contribution in [0.4, 0.5) is 11.5 Å². The maximum absolute atomic E-state index is 12.4. The summed E-state index contributed by atoms with van der Waals surface area (Å²) in [6, 6.07) is 9.21. The zero-order valence-corrected chi connectivity index (χ0v) is 14.9. The predicted molar refractivity (Wildman–Crippen MR) is 94.3 cm³/mol. The lowest BCUT2D eigenvalue weighted by molar-refractivity contribution is -0.123. The van der Waals surface area contributed by atoms with Crippen LogP contribution in [0.3, 0.4) is 0 Å². The molecule has 1 aromatic heterocycles. The van der Waals surface area contributed by atoms with Crippen LogP contribution in [-0.4, -0.2) is 29.9 Å². The molecule has 1 N–H and O–H groups in total. The largest absolute Gasteiger partial charge is 0.480 e. The Bertz CT molecular complexity index is 823. The van der Waals surface area contributed by atoms with Crippen LogP contribution in [0.25, 0.3) is 0 Å². The highest BCUT2D eigenvalue weighted by molar-refractivity contribution is 9.10. The van der Waals surface area contributed by atoms with Crippen molar-refractivity contribution in [2.24, 2.45) is 0 Å². The monoisotopic (exact) mass is 389 g/mol. The van der Waals surface area contributed by atoms with Gasteiger partial charge in [0.15, 0.2) is 18.2 Å².